The largest absolute Gasteiger partial charge is 0.457 e. The number of hydrogen-bond donors (Lipinski definition) is 2. The van der Waals surface area contributed by atoms with E-state index in [0.29, 0.717) is 28.2 Å². The minimum atomic E-state index is -1.30. The van der Waals surface area contributed by atoms with Gasteiger partial charge in [0.15, 0.2) is 0 Å². The topological polar surface area (TPSA) is 93.7 Å². The lowest BCUT2D eigenvalue weighted by Crippen LogP contribution is -2.41. The van der Waals surface area contributed by atoms with Crippen LogP contribution in [0.4, 0.5) is 4.79 Å². The van der Waals surface area contributed by atoms with Gasteiger partial charge in [0.25, 0.3) is 5.91 Å². The van der Waals surface area contributed by atoms with Gasteiger partial charge in [-0.3, -0.25) is 14.9 Å². The molecule has 0 aromatic heterocycles. The third kappa shape index (κ3) is 4.11. The van der Waals surface area contributed by atoms with Crippen LogP contribution < -0.4 is 15.4 Å². The lowest BCUT2D eigenvalue weighted by Gasteiger charge is -2.28. The van der Waals surface area contributed by atoms with E-state index < -0.39 is 29.9 Å². The second-order valence-corrected chi connectivity index (χ2v) is 6.91. The van der Waals surface area contributed by atoms with E-state index in [0.717, 1.165) is 0 Å². The fraction of sp³-hybridized carbons (Fsp3) is 0.125. The molecule has 156 valence electrons. The molecule has 1 aliphatic heterocycles. The molecule has 0 radical (unpaired) electrons. The fourth-order valence-electron chi connectivity index (χ4n) is 3.49. The summed E-state index contributed by atoms with van der Waals surface area (Å²) >= 11 is 0. The molecule has 3 aromatic rings. The van der Waals surface area contributed by atoms with E-state index >= 15 is 0 Å². The Kier molecular flexibility index (Phi) is 5.66. The summed E-state index contributed by atoms with van der Waals surface area (Å²) in [6.45, 7) is 0. The van der Waals surface area contributed by atoms with Crippen molar-refractivity contribution in [1.29, 1.82) is 0 Å². The first-order chi connectivity index (χ1) is 15.1. The summed E-state index contributed by atoms with van der Waals surface area (Å²) in [5.74, 6) is -1.04. The molecule has 1 heterocycles. The third-order valence-electron chi connectivity index (χ3n) is 4.95. The average Bonchev–Trinajstić information content (AvgIpc) is 2.81. The Morgan fingerprint density at radius 2 is 1.39 bits per heavy atom. The van der Waals surface area contributed by atoms with Gasteiger partial charge in [0.2, 0.25) is 6.10 Å². The molecule has 4 rings (SSSR count). The Morgan fingerprint density at radius 3 is 1.97 bits per heavy atom. The Hall–Kier alpha value is -4.13. The number of nitrogens with one attached hydrogen (secondary N) is 2. The summed E-state index contributed by atoms with van der Waals surface area (Å²) in [6, 6.07) is 22.2. The molecule has 3 amide bonds. The molecule has 7 nitrogen and oxygen atoms in total. The minimum Gasteiger partial charge on any atom is -0.457 e. The van der Waals surface area contributed by atoms with E-state index in [1.807, 2.05) is 24.3 Å². The monoisotopic (exact) mass is 416 g/mol. The summed E-state index contributed by atoms with van der Waals surface area (Å²) in [7, 11) is 1.39. The molecule has 31 heavy (non-hydrogen) atoms. The molecule has 0 bridgehead atoms. The Bertz CT molecular complexity index is 1080. The summed E-state index contributed by atoms with van der Waals surface area (Å²) in [4.78, 5) is 37.8. The Balaban J connectivity index is 1.69. The van der Waals surface area contributed by atoms with E-state index in [1.54, 1.807) is 54.6 Å². The van der Waals surface area contributed by atoms with Gasteiger partial charge in [-0.25, -0.2) is 4.79 Å². The maximum absolute atomic E-state index is 13.4. The van der Waals surface area contributed by atoms with Crippen LogP contribution >= 0.6 is 0 Å². The van der Waals surface area contributed by atoms with Gasteiger partial charge in [0, 0.05) is 23.7 Å². The van der Waals surface area contributed by atoms with Gasteiger partial charge in [-0.2, -0.15) is 0 Å². The number of fused-ring (bicyclic) bond motifs is 2. The first kappa shape index (κ1) is 20.2. The number of carbonyl (C=O) groups excluding carboxylic acids is 3. The van der Waals surface area contributed by atoms with Crippen LogP contribution in [-0.2, 0) is 14.3 Å². The fourth-order valence-corrected chi connectivity index (χ4v) is 3.49. The maximum atomic E-state index is 13.4. The highest BCUT2D eigenvalue weighted by atomic mass is 16.5. The molecule has 1 atom stereocenters. The average molecular weight is 416 g/mol. The van der Waals surface area contributed by atoms with E-state index in [-0.39, 0.29) is 0 Å². The van der Waals surface area contributed by atoms with E-state index in [2.05, 4.69) is 10.6 Å². The van der Waals surface area contributed by atoms with Gasteiger partial charge in [-0.1, -0.05) is 66.7 Å². The van der Waals surface area contributed by atoms with Crippen molar-refractivity contribution in [2.24, 2.45) is 0 Å². The summed E-state index contributed by atoms with van der Waals surface area (Å²) in [5, 5.41) is 4.50. The van der Waals surface area contributed by atoms with Crippen LogP contribution in [0.5, 0.6) is 11.5 Å². The molecule has 1 aliphatic rings. The summed E-state index contributed by atoms with van der Waals surface area (Å²) in [5.41, 5.74) is 1.74. The van der Waals surface area contributed by atoms with Gasteiger partial charge >= 0.3 is 12.0 Å². The van der Waals surface area contributed by atoms with E-state index in [1.165, 1.54) is 7.05 Å². The molecule has 0 fully saturated rings. The van der Waals surface area contributed by atoms with Crippen LogP contribution in [0.15, 0.2) is 78.9 Å². The van der Waals surface area contributed by atoms with Gasteiger partial charge in [0.05, 0.1) is 0 Å². The van der Waals surface area contributed by atoms with Crippen molar-refractivity contribution in [2.45, 2.75) is 12.0 Å². The lowest BCUT2D eigenvalue weighted by atomic mass is 9.88. The number of hydrogen-bond acceptors (Lipinski definition) is 5. The van der Waals surface area contributed by atoms with Crippen molar-refractivity contribution in [2.75, 3.05) is 7.05 Å². The lowest BCUT2D eigenvalue weighted by molar-refractivity contribution is -0.156. The van der Waals surface area contributed by atoms with Crippen molar-refractivity contribution < 1.29 is 23.9 Å². The number of para-hydroxylation sites is 2. The van der Waals surface area contributed by atoms with Gasteiger partial charge < -0.3 is 14.8 Å². The number of imide groups is 1. The molecule has 3 aromatic carbocycles. The minimum absolute atomic E-state index is 0.450. The zero-order valence-electron chi connectivity index (χ0n) is 16.7. The van der Waals surface area contributed by atoms with Crippen LogP contribution in [0.25, 0.3) is 0 Å². The first-order valence-electron chi connectivity index (χ1n) is 9.72. The number of carbonyl (C=O) groups is 3. The zero-order valence-corrected chi connectivity index (χ0v) is 16.7. The molecule has 2 N–H and O–H groups in total. The SMILES string of the molecule is CNC(=O)NC(=O)[C@@H](OC(=O)C1c2ccccc2Oc2ccccc21)c1ccccc1. The van der Waals surface area contributed by atoms with Crippen molar-refractivity contribution in [3.63, 3.8) is 0 Å². The molecule has 0 spiro atoms. The standard InChI is InChI=1S/C24H20N2O5/c1-25-24(29)26-22(27)21(15-9-3-2-4-10-15)31-23(28)20-16-11-5-7-13-18(16)30-19-14-8-6-12-17(19)20/h2-14,20-21H,1H3,(H2,25,26,27,29)/t21-/m0/s1. The van der Waals surface area contributed by atoms with Crippen molar-refractivity contribution in [1.82, 2.24) is 10.6 Å². The smallest absolute Gasteiger partial charge is 0.321 e. The van der Waals surface area contributed by atoms with Crippen LogP contribution in [-0.4, -0.2) is 25.0 Å². The highest BCUT2D eigenvalue weighted by molar-refractivity contribution is 5.98. The highest BCUT2D eigenvalue weighted by Gasteiger charge is 2.36. The normalized spacial score (nSPS) is 13.1. The van der Waals surface area contributed by atoms with Gasteiger partial charge in [-0.05, 0) is 12.1 Å². The van der Waals surface area contributed by atoms with Crippen LogP contribution in [0, 0.1) is 0 Å². The van der Waals surface area contributed by atoms with Crippen molar-refractivity contribution in [3.8, 4) is 11.5 Å². The number of amides is 3. The predicted molar refractivity (Wildman–Crippen MR) is 113 cm³/mol. The maximum Gasteiger partial charge on any atom is 0.321 e. The second kappa shape index (κ2) is 8.71. The highest BCUT2D eigenvalue weighted by Crippen LogP contribution is 2.44. The Morgan fingerprint density at radius 1 is 0.839 bits per heavy atom. The number of ether oxygens (including phenoxy) is 2. The van der Waals surface area contributed by atoms with E-state index in [9.17, 15) is 14.4 Å². The number of benzene rings is 3. The molecule has 0 aliphatic carbocycles. The number of esters is 1. The predicted octanol–water partition coefficient (Wildman–Crippen LogP) is 3.66. The van der Waals surface area contributed by atoms with Crippen LogP contribution in [0.2, 0.25) is 0 Å². The molecule has 7 heteroatoms. The molecule has 0 saturated heterocycles. The van der Waals surface area contributed by atoms with Crippen LogP contribution in [0.1, 0.15) is 28.7 Å². The van der Waals surface area contributed by atoms with Crippen molar-refractivity contribution in [3.05, 3.63) is 95.6 Å². The second-order valence-electron chi connectivity index (χ2n) is 6.91. The third-order valence-corrected chi connectivity index (χ3v) is 4.95. The molecular formula is C24H20N2O5. The number of rotatable bonds is 4. The summed E-state index contributed by atoms with van der Waals surface area (Å²) in [6.07, 6.45) is -1.30. The van der Waals surface area contributed by atoms with Gasteiger partial charge in [0.1, 0.15) is 17.4 Å². The van der Waals surface area contributed by atoms with Gasteiger partial charge in [-0.15, -0.1) is 0 Å². The summed E-state index contributed by atoms with van der Waals surface area (Å²) < 4.78 is 11.6. The Labute approximate surface area is 179 Å². The van der Waals surface area contributed by atoms with Crippen molar-refractivity contribution >= 4 is 17.9 Å². The first-order valence-corrected chi connectivity index (χ1v) is 9.72. The number of urea groups is 1. The molecule has 0 unspecified atom stereocenters. The molecule has 0 saturated carbocycles. The van der Waals surface area contributed by atoms with Crippen LogP contribution in [0.3, 0.4) is 0 Å². The van der Waals surface area contributed by atoms with E-state index in [4.69, 9.17) is 9.47 Å². The quantitative estimate of drug-likeness (QED) is 0.633. The zero-order chi connectivity index (χ0) is 21.8. The molecular weight excluding hydrogens is 396 g/mol.